The third-order valence-electron chi connectivity index (χ3n) is 3.40. The molecule has 0 aliphatic carbocycles. The molecule has 3 N–H and O–H groups in total. The predicted molar refractivity (Wildman–Crippen MR) is 93.3 cm³/mol. The van der Waals surface area contributed by atoms with Crippen molar-refractivity contribution in [3.8, 4) is 0 Å². The van der Waals surface area contributed by atoms with Gasteiger partial charge in [0, 0.05) is 24.7 Å². The van der Waals surface area contributed by atoms with Crippen molar-refractivity contribution in [1.29, 1.82) is 0 Å². The van der Waals surface area contributed by atoms with E-state index in [1.165, 1.54) is 6.07 Å². The number of nitrogens with one attached hydrogen (secondary N) is 1. The fourth-order valence-electron chi connectivity index (χ4n) is 2.34. The lowest BCUT2D eigenvalue weighted by Gasteiger charge is -2.25. The minimum atomic E-state index is -0.292. The largest absolute Gasteiger partial charge is 0.397 e. The Labute approximate surface area is 135 Å². The second kappa shape index (κ2) is 7.90. The minimum absolute atomic E-state index is 0.292. The quantitative estimate of drug-likeness (QED) is 0.743. The van der Waals surface area contributed by atoms with Gasteiger partial charge in [-0.05, 0) is 36.8 Å². The summed E-state index contributed by atoms with van der Waals surface area (Å²) in [4.78, 5) is 2.01. The van der Waals surface area contributed by atoms with Gasteiger partial charge in [-0.3, -0.25) is 0 Å². The van der Waals surface area contributed by atoms with E-state index in [1.54, 1.807) is 12.1 Å². The Morgan fingerprint density at radius 3 is 2.64 bits per heavy atom. The smallest absolute Gasteiger partial charge is 0.147 e. The molecule has 0 saturated carbocycles. The van der Waals surface area contributed by atoms with Crippen LogP contribution in [0.3, 0.4) is 0 Å². The van der Waals surface area contributed by atoms with Gasteiger partial charge in [0.25, 0.3) is 0 Å². The molecule has 0 unspecified atom stereocenters. The molecule has 118 valence electrons. The minimum Gasteiger partial charge on any atom is -0.397 e. The highest BCUT2D eigenvalue weighted by Gasteiger charge is 2.11. The molecular formula is C17H21ClFN3. The number of hydrogen-bond donors (Lipinski definition) is 2. The Kier molecular flexibility index (Phi) is 5.90. The Balaban J connectivity index is 2.01. The molecule has 22 heavy (non-hydrogen) atoms. The van der Waals surface area contributed by atoms with Gasteiger partial charge in [0.2, 0.25) is 0 Å². The average Bonchev–Trinajstić information content (AvgIpc) is 2.48. The first-order valence-corrected chi connectivity index (χ1v) is 7.78. The summed E-state index contributed by atoms with van der Waals surface area (Å²) in [5.41, 5.74) is 8.08. The molecule has 0 fully saturated rings. The highest BCUT2D eigenvalue weighted by Crippen LogP contribution is 2.23. The van der Waals surface area contributed by atoms with Crippen molar-refractivity contribution in [1.82, 2.24) is 0 Å². The molecule has 2 aromatic carbocycles. The molecule has 0 atom stereocenters. The number of nitrogens with zero attached hydrogens (tertiary/aromatic N) is 1. The molecule has 0 spiro atoms. The maximum Gasteiger partial charge on any atom is 0.147 e. The van der Waals surface area contributed by atoms with E-state index in [-0.39, 0.29) is 5.82 Å². The number of rotatable bonds is 7. The maximum atomic E-state index is 14.1. The van der Waals surface area contributed by atoms with Gasteiger partial charge >= 0.3 is 0 Å². The molecule has 0 saturated heterocycles. The lowest BCUT2D eigenvalue weighted by atomic mass is 10.2. The van der Waals surface area contributed by atoms with E-state index >= 15 is 0 Å². The number of para-hydroxylation sites is 2. The first kappa shape index (κ1) is 16.4. The van der Waals surface area contributed by atoms with Crippen LogP contribution in [0.1, 0.15) is 13.3 Å². The summed E-state index contributed by atoms with van der Waals surface area (Å²) in [5.74, 6) is -0.292. The van der Waals surface area contributed by atoms with Crippen LogP contribution in [0.15, 0.2) is 42.5 Å². The van der Waals surface area contributed by atoms with Crippen LogP contribution in [0, 0.1) is 5.82 Å². The van der Waals surface area contributed by atoms with Crippen molar-refractivity contribution in [2.45, 2.75) is 13.3 Å². The maximum absolute atomic E-state index is 14.1. The first-order chi connectivity index (χ1) is 10.6. The summed E-state index contributed by atoms with van der Waals surface area (Å²) >= 11 is 5.82. The molecular weight excluding hydrogens is 301 g/mol. The summed E-state index contributed by atoms with van der Waals surface area (Å²) in [7, 11) is 0. The molecule has 2 aromatic rings. The van der Waals surface area contributed by atoms with Crippen LogP contribution in [0.25, 0.3) is 0 Å². The van der Waals surface area contributed by atoms with Crippen LogP contribution in [0.5, 0.6) is 0 Å². The highest BCUT2D eigenvalue weighted by atomic mass is 35.5. The van der Waals surface area contributed by atoms with Gasteiger partial charge in [-0.15, -0.1) is 0 Å². The topological polar surface area (TPSA) is 41.3 Å². The number of halogens is 2. The molecule has 0 aliphatic rings. The summed E-state index contributed by atoms with van der Waals surface area (Å²) in [6.45, 7) is 4.21. The highest BCUT2D eigenvalue weighted by molar-refractivity contribution is 6.30. The van der Waals surface area contributed by atoms with Gasteiger partial charge in [-0.1, -0.05) is 30.7 Å². The SMILES string of the molecule is CCCN(CCNc1ccccc1N)c1ccc(Cl)cc1F. The number of nitrogens with two attached hydrogens (primary N) is 1. The van der Waals surface area contributed by atoms with Crippen LogP contribution in [0.2, 0.25) is 5.02 Å². The van der Waals surface area contributed by atoms with E-state index in [1.807, 2.05) is 29.2 Å². The van der Waals surface area contributed by atoms with Crippen LogP contribution in [-0.2, 0) is 0 Å². The van der Waals surface area contributed by atoms with E-state index in [2.05, 4.69) is 12.2 Å². The van der Waals surface area contributed by atoms with Crippen LogP contribution >= 0.6 is 11.6 Å². The molecule has 0 aliphatic heterocycles. The predicted octanol–water partition coefficient (Wildman–Crippen LogP) is 4.39. The van der Waals surface area contributed by atoms with Crippen LogP contribution in [0.4, 0.5) is 21.5 Å². The van der Waals surface area contributed by atoms with E-state index in [4.69, 9.17) is 17.3 Å². The summed E-state index contributed by atoms with van der Waals surface area (Å²) in [5, 5.41) is 3.70. The normalized spacial score (nSPS) is 10.5. The Morgan fingerprint density at radius 2 is 1.95 bits per heavy atom. The third kappa shape index (κ3) is 4.28. The molecule has 0 aromatic heterocycles. The Hall–Kier alpha value is -1.94. The summed E-state index contributed by atoms with van der Waals surface area (Å²) in [6.07, 6.45) is 0.940. The van der Waals surface area contributed by atoms with Crippen LogP contribution < -0.4 is 16.0 Å². The van der Waals surface area contributed by atoms with Crippen molar-refractivity contribution in [2.24, 2.45) is 0 Å². The second-order valence-electron chi connectivity index (χ2n) is 5.10. The second-order valence-corrected chi connectivity index (χ2v) is 5.53. The van der Waals surface area contributed by atoms with Crippen molar-refractivity contribution < 1.29 is 4.39 Å². The van der Waals surface area contributed by atoms with Gasteiger partial charge in [-0.25, -0.2) is 4.39 Å². The zero-order valence-corrected chi connectivity index (χ0v) is 13.4. The van der Waals surface area contributed by atoms with Crippen molar-refractivity contribution >= 4 is 28.7 Å². The van der Waals surface area contributed by atoms with Gasteiger partial charge in [0.1, 0.15) is 5.82 Å². The molecule has 2 rings (SSSR count). The van der Waals surface area contributed by atoms with E-state index in [9.17, 15) is 4.39 Å². The lowest BCUT2D eigenvalue weighted by molar-refractivity contribution is 0.616. The zero-order valence-electron chi connectivity index (χ0n) is 12.7. The number of benzene rings is 2. The van der Waals surface area contributed by atoms with Crippen molar-refractivity contribution in [2.75, 3.05) is 35.6 Å². The van der Waals surface area contributed by atoms with E-state index < -0.39 is 0 Å². The number of hydrogen-bond acceptors (Lipinski definition) is 3. The molecule has 3 nitrogen and oxygen atoms in total. The molecule has 0 heterocycles. The zero-order chi connectivity index (χ0) is 15.9. The van der Waals surface area contributed by atoms with Gasteiger partial charge in [-0.2, -0.15) is 0 Å². The molecule has 0 radical (unpaired) electrons. The Bertz CT molecular complexity index is 619. The monoisotopic (exact) mass is 321 g/mol. The third-order valence-corrected chi connectivity index (χ3v) is 3.64. The van der Waals surface area contributed by atoms with Crippen LogP contribution in [-0.4, -0.2) is 19.6 Å². The average molecular weight is 322 g/mol. The molecule has 5 heteroatoms. The van der Waals surface area contributed by atoms with E-state index in [0.717, 1.165) is 18.7 Å². The summed E-state index contributed by atoms with van der Waals surface area (Å²) in [6, 6.07) is 12.4. The lowest BCUT2D eigenvalue weighted by Crippen LogP contribution is -2.30. The standard InChI is InChI=1S/C17H21ClFN3/c1-2-10-22(17-8-7-13(18)12-14(17)19)11-9-21-16-6-4-3-5-15(16)20/h3-8,12,21H,2,9-11,20H2,1H3. The van der Waals surface area contributed by atoms with Crippen molar-refractivity contribution in [3.05, 3.63) is 53.3 Å². The fourth-order valence-corrected chi connectivity index (χ4v) is 2.50. The number of anilines is 3. The summed E-state index contributed by atoms with van der Waals surface area (Å²) < 4.78 is 14.1. The molecule has 0 bridgehead atoms. The van der Waals surface area contributed by atoms with Gasteiger partial charge < -0.3 is 16.0 Å². The Morgan fingerprint density at radius 1 is 1.18 bits per heavy atom. The molecule has 0 amide bonds. The van der Waals surface area contributed by atoms with Gasteiger partial charge in [0.15, 0.2) is 0 Å². The first-order valence-electron chi connectivity index (χ1n) is 7.40. The fraction of sp³-hybridized carbons (Fsp3) is 0.294. The number of nitrogen functional groups attached to an aromatic ring is 1. The van der Waals surface area contributed by atoms with Gasteiger partial charge in [0.05, 0.1) is 17.1 Å². The van der Waals surface area contributed by atoms with Crippen molar-refractivity contribution in [3.63, 3.8) is 0 Å². The van der Waals surface area contributed by atoms with E-state index in [0.29, 0.717) is 29.5 Å².